The third-order valence-corrected chi connectivity index (χ3v) is 9.86. The van der Waals surface area contributed by atoms with E-state index in [9.17, 15) is 0 Å². The molecule has 1 heterocycles. The lowest BCUT2D eigenvalue weighted by Gasteiger charge is -2.28. The molecule has 2 heteroatoms. The molecule has 0 fully saturated rings. The predicted octanol–water partition coefficient (Wildman–Crippen LogP) is 11.2. The average Bonchev–Trinajstić information content (AvgIpc) is 3.09. The zero-order chi connectivity index (χ0) is 30.8. The second kappa shape index (κ2) is 10.5. The first-order valence-electron chi connectivity index (χ1n) is 16.1. The van der Waals surface area contributed by atoms with Crippen molar-refractivity contribution >= 4 is 54.5 Å². The molecule has 2 nitrogen and oxygen atoms in total. The molecule has 46 heavy (non-hydrogen) atoms. The van der Waals surface area contributed by atoms with Crippen molar-refractivity contribution < 1.29 is 0 Å². The number of fused-ring (bicyclic) bond motifs is 16. The van der Waals surface area contributed by atoms with Gasteiger partial charge in [0.25, 0.3) is 0 Å². The summed E-state index contributed by atoms with van der Waals surface area (Å²) in [7, 11) is 4.50. The van der Waals surface area contributed by atoms with Gasteiger partial charge in [0.1, 0.15) is 0 Å². The predicted molar refractivity (Wildman–Crippen MR) is 198 cm³/mol. The van der Waals surface area contributed by atoms with E-state index in [0.29, 0.717) is 0 Å². The van der Waals surface area contributed by atoms with Crippen LogP contribution in [0.2, 0.25) is 0 Å². The highest BCUT2D eigenvalue weighted by molar-refractivity contribution is 6.12. The minimum Gasteiger partial charge on any atom is -0.370 e. The maximum Gasteiger partial charge on any atom is 0.0453 e. The third kappa shape index (κ3) is 4.25. The van der Waals surface area contributed by atoms with Gasteiger partial charge in [0.05, 0.1) is 0 Å². The van der Waals surface area contributed by atoms with Crippen LogP contribution in [0.3, 0.4) is 0 Å². The van der Waals surface area contributed by atoms with Crippen molar-refractivity contribution in [3.05, 3.63) is 157 Å². The van der Waals surface area contributed by atoms with E-state index in [4.69, 9.17) is 0 Å². The molecule has 8 aromatic rings. The fourth-order valence-corrected chi connectivity index (χ4v) is 7.78. The Kier molecular flexibility index (Phi) is 6.11. The second-order valence-electron chi connectivity index (χ2n) is 12.8. The molecule has 1 aliphatic heterocycles. The summed E-state index contributed by atoms with van der Waals surface area (Å²) in [5.41, 5.74) is 10.3. The van der Waals surface area contributed by atoms with Gasteiger partial charge in [0.2, 0.25) is 0 Å². The first-order valence-corrected chi connectivity index (χ1v) is 16.1. The largest absolute Gasteiger partial charge is 0.370 e. The van der Waals surface area contributed by atoms with Crippen molar-refractivity contribution in [2.75, 3.05) is 23.9 Å². The van der Waals surface area contributed by atoms with Gasteiger partial charge >= 0.3 is 0 Å². The number of nitrogens with zero attached hydrogens (tertiary/aromatic N) is 2. The maximum atomic E-state index is 2.44. The van der Waals surface area contributed by atoms with Gasteiger partial charge in [-0.2, -0.15) is 0 Å². The lowest BCUT2D eigenvalue weighted by molar-refractivity contribution is 0.921. The molecule has 0 radical (unpaired) electrons. The van der Waals surface area contributed by atoms with Gasteiger partial charge in [-0.1, -0.05) is 109 Å². The second-order valence-corrected chi connectivity index (χ2v) is 12.8. The summed E-state index contributed by atoms with van der Waals surface area (Å²) in [6.07, 6.45) is 0. The molecule has 0 aromatic heterocycles. The summed E-state index contributed by atoms with van der Waals surface area (Å²) >= 11 is 0. The van der Waals surface area contributed by atoms with Gasteiger partial charge in [-0.25, -0.2) is 0 Å². The van der Waals surface area contributed by atoms with Crippen LogP contribution in [-0.2, 0) is 13.1 Å². The van der Waals surface area contributed by atoms with Gasteiger partial charge in [0.15, 0.2) is 0 Å². The molecule has 9 rings (SSSR count). The van der Waals surface area contributed by atoms with E-state index < -0.39 is 0 Å². The van der Waals surface area contributed by atoms with E-state index in [1.807, 2.05) is 0 Å². The van der Waals surface area contributed by atoms with E-state index >= 15 is 0 Å². The van der Waals surface area contributed by atoms with Crippen molar-refractivity contribution in [1.82, 2.24) is 0 Å². The molecule has 0 amide bonds. The summed E-state index contributed by atoms with van der Waals surface area (Å²) in [5, 5.41) is 10.2. The van der Waals surface area contributed by atoms with E-state index in [0.717, 1.165) is 13.1 Å². The molecule has 0 atom stereocenters. The monoisotopic (exact) mass is 590 g/mol. The summed E-state index contributed by atoms with van der Waals surface area (Å²) in [5.74, 6) is 0. The minimum absolute atomic E-state index is 0.788. The van der Waals surface area contributed by atoms with Gasteiger partial charge in [0, 0.05) is 49.7 Å². The van der Waals surface area contributed by atoms with Crippen LogP contribution in [0.15, 0.2) is 146 Å². The van der Waals surface area contributed by atoms with Crippen LogP contribution < -0.4 is 9.80 Å². The van der Waals surface area contributed by atoms with Crippen LogP contribution in [0.4, 0.5) is 11.4 Å². The van der Waals surface area contributed by atoms with Crippen molar-refractivity contribution in [3.8, 4) is 22.3 Å². The zero-order valence-electron chi connectivity index (χ0n) is 26.2. The fourth-order valence-electron chi connectivity index (χ4n) is 7.78. The van der Waals surface area contributed by atoms with Gasteiger partial charge < -0.3 is 9.80 Å². The Labute approximate surface area is 269 Å². The standard InChI is InChI=1S/C44H34N2/c1-45-27-29-23-33-13-5-8-16-36(33)40(25-29)44-38-18-10-4-12-32(38)20-22-42(44)46(2)28-30-24-34-14-6-7-15-35(34)39(26-30)43-37-17-9-3-11-31(37)19-21-41(43)45/h3-26H,27-28H2,1-2H3. The molecule has 0 N–H and O–H groups in total. The van der Waals surface area contributed by atoms with Crippen molar-refractivity contribution in [3.63, 3.8) is 0 Å². The molecular weight excluding hydrogens is 556 g/mol. The van der Waals surface area contributed by atoms with E-state index in [1.165, 1.54) is 87.8 Å². The van der Waals surface area contributed by atoms with Crippen molar-refractivity contribution in [2.24, 2.45) is 0 Å². The van der Waals surface area contributed by atoms with E-state index in [1.54, 1.807) is 0 Å². The number of hydrogen-bond donors (Lipinski definition) is 0. The number of benzene rings is 8. The summed E-state index contributed by atoms with van der Waals surface area (Å²) in [6, 6.07) is 54.3. The molecule has 220 valence electrons. The summed E-state index contributed by atoms with van der Waals surface area (Å²) in [4.78, 5) is 4.89. The molecule has 0 aliphatic carbocycles. The fraction of sp³-hybridized carbons (Fsp3) is 0.0909. The highest BCUT2D eigenvalue weighted by atomic mass is 15.1. The number of anilines is 2. The molecule has 8 aromatic carbocycles. The highest BCUT2D eigenvalue weighted by Crippen LogP contribution is 2.45. The lowest BCUT2D eigenvalue weighted by Crippen LogP contribution is -2.19. The Hall–Kier alpha value is -5.60. The van der Waals surface area contributed by atoms with Crippen LogP contribution in [0.1, 0.15) is 11.1 Å². The van der Waals surface area contributed by atoms with Gasteiger partial charge in [-0.15, -0.1) is 0 Å². The summed E-state index contributed by atoms with van der Waals surface area (Å²) < 4.78 is 0. The zero-order valence-corrected chi connectivity index (χ0v) is 26.2. The molecule has 0 spiro atoms. The normalized spacial score (nSPS) is 13.2. The quantitative estimate of drug-likeness (QED) is 0.173. The van der Waals surface area contributed by atoms with Crippen molar-refractivity contribution in [1.29, 1.82) is 0 Å². The van der Waals surface area contributed by atoms with E-state index in [-0.39, 0.29) is 0 Å². The average molecular weight is 591 g/mol. The smallest absolute Gasteiger partial charge is 0.0453 e. The van der Waals surface area contributed by atoms with Gasteiger partial charge in [-0.05, 0) is 102 Å². The van der Waals surface area contributed by atoms with Crippen LogP contribution in [-0.4, -0.2) is 14.1 Å². The molecule has 0 unspecified atom stereocenters. The topological polar surface area (TPSA) is 6.48 Å². The maximum absolute atomic E-state index is 2.44. The summed E-state index contributed by atoms with van der Waals surface area (Å²) in [6.45, 7) is 1.58. The Morgan fingerprint density at radius 2 is 0.739 bits per heavy atom. The van der Waals surface area contributed by atoms with Crippen LogP contribution in [0, 0.1) is 0 Å². The molecule has 1 aliphatic rings. The first-order chi connectivity index (χ1) is 22.6. The minimum atomic E-state index is 0.788. The molecule has 0 saturated carbocycles. The lowest BCUT2D eigenvalue weighted by atomic mass is 9.89. The van der Waals surface area contributed by atoms with Crippen LogP contribution >= 0.6 is 0 Å². The first kappa shape index (κ1) is 26.8. The van der Waals surface area contributed by atoms with Crippen molar-refractivity contribution in [2.45, 2.75) is 13.1 Å². The third-order valence-electron chi connectivity index (χ3n) is 9.86. The highest BCUT2D eigenvalue weighted by Gasteiger charge is 2.21. The SMILES string of the molecule is CN1Cc2cc(c3ccccc3c2)-c2c(ccc3ccccc23)N(C)Cc2cc(c3ccccc3c2)-c2c1ccc1ccccc21. The van der Waals surface area contributed by atoms with Crippen LogP contribution in [0.25, 0.3) is 65.3 Å². The Morgan fingerprint density at radius 3 is 1.17 bits per heavy atom. The number of rotatable bonds is 0. The molecular formula is C44H34N2. The molecule has 4 bridgehead atoms. The van der Waals surface area contributed by atoms with Gasteiger partial charge in [-0.3, -0.25) is 0 Å². The Morgan fingerprint density at radius 1 is 0.370 bits per heavy atom. The molecule has 0 saturated heterocycles. The Bertz CT molecular complexity index is 2300. The number of hydrogen-bond acceptors (Lipinski definition) is 2. The van der Waals surface area contributed by atoms with Crippen LogP contribution in [0.5, 0.6) is 0 Å². The van der Waals surface area contributed by atoms with E-state index in [2.05, 4.69) is 169 Å². The Balaban J connectivity index is 1.40.